The number of carbonyl (C=O) groups excluding carboxylic acids is 1. The van der Waals surface area contributed by atoms with Crippen molar-refractivity contribution in [3.8, 4) is 0 Å². The molecule has 4 rings (SSSR count). The topological polar surface area (TPSA) is 79.2 Å². The first-order valence-corrected chi connectivity index (χ1v) is 8.84. The van der Waals surface area contributed by atoms with Crippen LogP contribution in [0.15, 0.2) is 41.0 Å². The fourth-order valence-corrected chi connectivity index (χ4v) is 4.49. The maximum absolute atomic E-state index is 12.7. The zero-order valence-corrected chi connectivity index (χ0v) is 14.0. The molecule has 1 aromatic rings. The molecule has 1 fully saturated rings. The van der Waals surface area contributed by atoms with E-state index in [4.69, 9.17) is 9.47 Å². The Kier molecular flexibility index (Phi) is 4.04. The molecule has 0 saturated carbocycles. The van der Waals surface area contributed by atoms with Gasteiger partial charge in [-0.05, 0) is 12.5 Å². The maximum atomic E-state index is 12.7. The van der Waals surface area contributed by atoms with Crippen LogP contribution in [0.4, 0.5) is 0 Å². The van der Waals surface area contributed by atoms with Crippen molar-refractivity contribution in [3.63, 3.8) is 0 Å². The van der Waals surface area contributed by atoms with Crippen molar-refractivity contribution in [1.82, 2.24) is 4.90 Å². The summed E-state index contributed by atoms with van der Waals surface area (Å²) in [7, 11) is 0. The Balaban J connectivity index is 1.51. The van der Waals surface area contributed by atoms with Crippen molar-refractivity contribution >= 4 is 17.7 Å². The van der Waals surface area contributed by atoms with Crippen molar-refractivity contribution in [2.24, 2.45) is 0 Å². The van der Waals surface area contributed by atoms with E-state index in [-0.39, 0.29) is 5.91 Å². The number of fused-ring (bicyclic) bond motifs is 1. The molecule has 128 valence electrons. The normalized spacial score (nSPS) is 35.5. The molecule has 5 atom stereocenters. The van der Waals surface area contributed by atoms with Gasteiger partial charge < -0.3 is 24.6 Å². The number of ether oxygens (including phenoxy) is 2. The summed E-state index contributed by atoms with van der Waals surface area (Å²) in [5.41, 5.74) is 1.05. The predicted molar refractivity (Wildman–Crippen MR) is 87.7 cm³/mol. The van der Waals surface area contributed by atoms with Crippen LogP contribution in [0.5, 0.6) is 0 Å². The van der Waals surface area contributed by atoms with E-state index in [1.165, 1.54) is 11.8 Å². The van der Waals surface area contributed by atoms with Crippen LogP contribution in [-0.2, 0) is 20.8 Å². The van der Waals surface area contributed by atoms with Crippen LogP contribution in [0.3, 0.4) is 0 Å². The van der Waals surface area contributed by atoms with E-state index in [0.29, 0.717) is 23.8 Å². The average Bonchev–Trinajstić information content (AvgIpc) is 2.88. The number of nitrogens with zero attached hydrogens (tertiary/aromatic N) is 1. The Bertz CT molecular complexity index is 679. The second-order valence-corrected chi connectivity index (χ2v) is 7.48. The minimum Gasteiger partial charge on any atom is -0.465 e. The number of amides is 1. The lowest BCUT2D eigenvalue weighted by atomic mass is 10.0. The summed E-state index contributed by atoms with van der Waals surface area (Å²) >= 11 is 1.25. The first kappa shape index (κ1) is 16.0. The summed E-state index contributed by atoms with van der Waals surface area (Å²) in [6.07, 6.45) is -3.14. The molecule has 3 heterocycles. The molecule has 0 aliphatic carbocycles. The largest absolute Gasteiger partial charge is 0.465 e. The Morgan fingerprint density at radius 1 is 1.25 bits per heavy atom. The summed E-state index contributed by atoms with van der Waals surface area (Å²) in [4.78, 5) is 14.9. The lowest BCUT2D eigenvalue weighted by molar-refractivity contribution is -0.230. The molecule has 2 N–H and O–H groups in total. The van der Waals surface area contributed by atoms with Gasteiger partial charge in [-0.3, -0.25) is 4.79 Å². The van der Waals surface area contributed by atoms with Crippen molar-refractivity contribution in [2.75, 3.05) is 6.54 Å². The molecule has 0 aromatic heterocycles. The van der Waals surface area contributed by atoms with Gasteiger partial charge in [0.2, 0.25) is 6.29 Å². The summed E-state index contributed by atoms with van der Waals surface area (Å²) < 4.78 is 11.5. The Labute approximate surface area is 144 Å². The van der Waals surface area contributed by atoms with Gasteiger partial charge >= 0.3 is 0 Å². The van der Waals surface area contributed by atoms with Gasteiger partial charge in [-0.25, -0.2) is 0 Å². The van der Waals surface area contributed by atoms with Crippen LogP contribution >= 0.6 is 11.8 Å². The molecule has 7 heteroatoms. The Hall–Kier alpha value is -1.54. The minimum absolute atomic E-state index is 0.0994. The fraction of sp³-hybridized carbons (Fsp3) is 0.471. The first-order valence-electron chi connectivity index (χ1n) is 7.96. The van der Waals surface area contributed by atoms with E-state index in [1.54, 1.807) is 11.8 Å². The van der Waals surface area contributed by atoms with Gasteiger partial charge in [-0.1, -0.05) is 30.3 Å². The van der Waals surface area contributed by atoms with E-state index in [9.17, 15) is 15.0 Å². The number of thioether (sulfide) groups is 1. The molecule has 0 radical (unpaired) electrons. The number of benzene rings is 1. The third-order valence-corrected chi connectivity index (χ3v) is 5.99. The van der Waals surface area contributed by atoms with Crippen molar-refractivity contribution in [1.29, 1.82) is 0 Å². The molecular formula is C17H19NO5S. The van der Waals surface area contributed by atoms with Crippen molar-refractivity contribution < 1.29 is 24.5 Å². The SMILES string of the molecule is CC1OC2OC3=C(SC2C(O)C1O)C(=O)N(Cc1ccccc1)C3. The smallest absolute Gasteiger partial charge is 0.264 e. The highest BCUT2D eigenvalue weighted by Gasteiger charge is 2.50. The summed E-state index contributed by atoms with van der Waals surface area (Å²) in [5.74, 6) is 0.496. The first-order chi connectivity index (χ1) is 11.5. The zero-order valence-electron chi connectivity index (χ0n) is 13.2. The van der Waals surface area contributed by atoms with Gasteiger partial charge in [-0.2, -0.15) is 0 Å². The van der Waals surface area contributed by atoms with E-state index in [2.05, 4.69) is 0 Å². The van der Waals surface area contributed by atoms with E-state index in [1.807, 2.05) is 30.3 Å². The van der Waals surface area contributed by atoms with Crippen LogP contribution in [0.25, 0.3) is 0 Å². The molecule has 24 heavy (non-hydrogen) atoms. The van der Waals surface area contributed by atoms with Gasteiger partial charge in [-0.15, -0.1) is 11.8 Å². The lowest BCUT2D eigenvalue weighted by Gasteiger charge is -2.43. The molecule has 0 bridgehead atoms. The highest BCUT2D eigenvalue weighted by atomic mass is 32.2. The maximum Gasteiger partial charge on any atom is 0.264 e. The Morgan fingerprint density at radius 3 is 2.75 bits per heavy atom. The van der Waals surface area contributed by atoms with Crippen molar-refractivity contribution in [3.05, 3.63) is 46.6 Å². The van der Waals surface area contributed by atoms with Gasteiger partial charge in [0, 0.05) is 6.54 Å². The fourth-order valence-electron chi connectivity index (χ4n) is 3.22. The summed E-state index contributed by atoms with van der Waals surface area (Å²) in [6.45, 7) is 2.60. The quantitative estimate of drug-likeness (QED) is 0.824. The molecule has 3 aliphatic heterocycles. The van der Waals surface area contributed by atoms with E-state index >= 15 is 0 Å². The third kappa shape index (κ3) is 2.61. The standard InChI is InChI=1S/C17H19NO5S/c1-9-12(19)13(20)15-17(22-9)23-11-8-18(16(21)14(11)24-15)7-10-5-3-2-4-6-10/h2-6,9,12-13,15,17,19-20H,7-8H2,1H3. The molecule has 0 spiro atoms. The number of carbonyl (C=O) groups is 1. The number of rotatable bonds is 2. The Morgan fingerprint density at radius 2 is 2.00 bits per heavy atom. The molecule has 3 aliphatic rings. The van der Waals surface area contributed by atoms with Crippen LogP contribution in [0, 0.1) is 0 Å². The lowest BCUT2D eigenvalue weighted by Crippen LogP contribution is -2.56. The number of aliphatic hydroxyl groups is 2. The van der Waals surface area contributed by atoms with Crippen LogP contribution in [-0.4, -0.2) is 57.4 Å². The average molecular weight is 349 g/mol. The van der Waals surface area contributed by atoms with Crippen LogP contribution in [0.2, 0.25) is 0 Å². The van der Waals surface area contributed by atoms with Crippen LogP contribution < -0.4 is 0 Å². The van der Waals surface area contributed by atoms with Crippen LogP contribution in [0.1, 0.15) is 12.5 Å². The molecule has 1 amide bonds. The summed E-state index contributed by atoms with van der Waals surface area (Å²) in [5, 5.41) is 19.8. The third-order valence-electron chi connectivity index (χ3n) is 4.58. The monoisotopic (exact) mass is 349 g/mol. The number of aliphatic hydroxyl groups excluding tert-OH is 2. The molecular weight excluding hydrogens is 330 g/mol. The summed E-state index contributed by atoms with van der Waals surface area (Å²) in [6, 6.07) is 9.77. The second kappa shape index (κ2) is 6.07. The minimum atomic E-state index is -0.992. The number of hydrogen-bond acceptors (Lipinski definition) is 6. The van der Waals surface area contributed by atoms with E-state index in [0.717, 1.165) is 5.56 Å². The van der Waals surface area contributed by atoms with Gasteiger partial charge in [0.05, 0.1) is 12.6 Å². The predicted octanol–water partition coefficient (Wildman–Crippen LogP) is 0.839. The highest BCUT2D eigenvalue weighted by molar-refractivity contribution is 8.04. The van der Waals surface area contributed by atoms with Gasteiger partial charge in [0.15, 0.2) is 0 Å². The second-order valence-electron chi connectivity index (χ2n) is 6.29. The van der Waals surface area contributed by atoms with E-state index < -0.39 is 29.9 Å². The molecule has 5 unspecified atom stereocenters. The van der Waals surface area contributed by atoms with Gasteiger partial charge in [0.1, 0.15) is 28.1 Å². The molecule has 1 saturated heterocycles. The zero-order chi connectivity index (χ0) is 16.8. The molecule has 6 nitrogen and oxygen atoms in total. The number of hydrogen-bond donors (Lipinski definition) is 2. The highest BCUT2D eigenvalue weighted by Crippen LogP contribution is 2.44. The molecule has 1 aromatic carbocycles. The van der Waals surface area contributed by atoms with Crippen molar-refractivity contribution in [2.45, 2.75) is 43.3 Å². The van der Waals surface area contributed by atoms with Gasteiger partial charge in [0.25, 0.3) is 5.91 Å².